The fourth-order valence-electron chi connectivity index (χ4n) is 1.77. The van der Waals surface area contributed by atoms with Crippen LogP contribution in [0.2, 0.25) is 0 Å². The zero-order chi connectivity index (χ0) is 9.97. The SMILES string of the molecule is Cc1nc(CC2CCCO2)sc1CN. The topological polar surface area (TPSA) is 48.1 Å². The number of nitrogens with two attached hydrogens (primary N) is 1. The quantitative estimate of drug-likeness (QED) is 0.828. The van der Waals surface area contributed by atoms with Gasteiger partial charge in [-0.3, -0.25) is 0 Å². The number of hydrogen-bond acceptors (Lipinski definition) is 4. The van der Waals surface area contributed by atoms with Crippen LogP contribution < -0.4 is 5.73 Å². The Morgan fingerprint density at radius 3 is 3.07 bits per heavy atom. The summed E-state index contributed by atoms with van der Waals surface area (Å²) in [6.07, 6.45) is 3.73. The number of aryl methyl sites for hydroxylation is 1. The average molecular weight is 212 g/mol. The van der Waals surface area contributed by atoms with Crippen molar-refractivity contribution in [1.82, 2.24) is 4.98 Å². The molecule has 1 aliphatic heterocycles. The largest absolute Gasteiger partial charge is 0.378 e. The predicted octanol–water partition coefficient (Wildman–Crippen LogP) is 1.63. The van der Waals surface area contributed by atoms with E-state index in [1.807, 2.05) is 6.92 Å². The lowest BCUT2D eigenvalue weighted by molar-refractivity contribution is 0.111. The van der Waals surface area contributed by atoms with Gasteiger partial charge in [-0.15, -0.1) is 11.3 Å². The molecule has 2 N–H and O–H groups in total. The zero-order valence-corrected chi connectivity index (χ0v) is 9.27. The summed E-state index contributed by atoms with van der Waals surface area (Å²) in [5, 5.41) is 1.18. The van der Waals surface area contributed by atoms with Crippen LogP contribution in [0.1, 0.15) is 28.4 Å². The number of hydrogen-bond donors (Lipinski definition) is 1. The molecule has 3 nitrogen and oxygen atoms in total. The summed E-state index contributed by atoms with van der Waals surface area (Å²) in [4.78, 5) is 5.71. The van der Waals surface area contributed by atoms with Gasteiger partial charge in [-0.05, 0) is 19.8 Å². The normalized spacial score (nSPS) is 21.7. The molecule has 0 aromatic carbocycles. The Morgan fingerprint density at radius 1 is 1.64 bits per heavy atom. The van der Waals surface area contributed by atoms with E-state index >= 15 is 0 Å². The first-order valence-corrected chi connectivity index (χ1v) is 5.88. The standard InChI is InChI=1S/C10H16N2OS/c1-7-9(6-11)14-10(12-7)5-8-3-2-4-13-8/h8H,2-6,11H2,1H3. The van der Waals surface area contributed by atoms with Crippen LogP contribution in [0.5, 0.6) is 0 Å². The van der Waals surface area contributed by atoms with Crippen LogP contribution in [-0.4, -0.2) is 17.7 Å². The second kappa shape index (κ2) is 4.38. The minimum atomic E-state index is 0.395. The van der Waals surface area contributed by atoms with Gasteiger partial charge in [-0.1, -0.05) is 0 Å². The fraction of sp³-hybridized carbons (Fsp3) is 0.700. The zero-order valence-electron chi connectivity index (χ0n) is 8.45. The summed E-state index contributed by atoms with van der Waals surface area (Å²) in [5.41, 5.74) is 6.70. The van der Waals surface area contributed by atoms with Crippen LogP contribution in [0.25, 0.3) is 0 Å². The van der Waals surface area contributed by atoms with Crippen LogP contribution in [-0.2, 0) is 17.7 Å². The number of rotatable bonds is 3. The van der Waals surface area contributed by atoms with Crippen molar-refractivity contribution < 1.29 is 4.74 Å². The van der Waals surface area contributed by atoms with Crippen molar-refractivity contribution in [3.05, 3.63) is 15.6 Å². The Labute approximate surface area is 88.3 Å². The summed E-state index contributed by atoms with van der Waals surface area (Å²) in [7, 11) is 0. The lowest BCUT2D eigenvalue weighted by atomic mass is 10.2. The second-order valence-corrected chi connectivity index (χ2v) is 4.83. The van der Waals surface area contributed by atoms with Gasteiger partial charge in [0.05, 0.1) is 16.8 Å². The van der Waals surface area contributed by atoms with Crippen LogP contribution in [0.4, 0.5) is 0 Å². The first-order chi connectivity index (χ1) is 6.79. The highest BCUT2D eigenvalue weighted by atomic mass is 32.1. The molecular weight excluding hydrogens is 196 g/mol. The van der Waals surface area contributed by atoms with E-state index in [9.17, 15) is 0 Å². The molecule has 0 spiro atoms. The summed E-state index contributed by atoms with van der Waals surface area (Å²) < 4.78 is 5.58. The van der Waals surface area contributed by atoms with E-state index in [2.05, 4.69) is 4.98 Å². The molecule has 4 heteroatoms. The molecule has 0 bridgehead atoms. The van der Waals surface area contributed by atoms with Crippen molar-refractivity contribution in [3.8, 4) is 0 Å². The van der Waals surface area contributed by atoms with E-state index < -0.39 is 0 Å². The van der Waals surface area contributed by atoms with Crippen LogP contribution in [0, 0.1) is 6.92 Å². The lowest BCUT2D eigenvalue weighted by Gasteiger charge is -2.05. The van der Waals surface area contributed by atoms with E-state index in [4.69, 9.17) is 10.5 Å². The van der Waals surface area contributed by atoms with E-state index in [-0.39, 0.29) is 0 Å². The highest BCUT2D eigenvalue weighted by Gasteiger charge is 2.18. The van der Waals surface area contributed by atoms with Crippen molar-refractivity contribution in [1.29, 1.82) is 0 Å². The Kier molecular flexibility index (Phi) is 3.15. The summed E-state index contributed by atoms with van der Waals surface area (Å²) in [5.74, 6) is 0. The van der Waals surface area contributed by atoms with Crippen LogP contribution in [0.15, 0.2) is 0 Å². The Balaban J connectivity index is 2.01. The van der Waals surface area contributed by atoms with Gasteiger partial charge in [0.2, 0.25) is 0 Å². The van der Waals surface area contributed by atoms with E-state index in [1.165, 1.54) is 22.7 Å². The molecule has 78 valence electrons. The molecule has 1 atom stereocenters. The van der Waals surface area contributed by atoms with Gasteiger partial charge in [0.15, 0.2) is 0 Å². The molecular formula is C10H16N2OS. The highest BCUT2D eigenvalue weighted by molar-refractivity contribution is 7.11. The van der Waals surface area contributed by atoms with Crippen molar-refractivity contribution in [3.63, 3.8) is 0 Å². The minimum Gasteiger partial charge on any atom is -0.378 e. The summed E-state index contributed by atoms with van der Waals surface area (Å²) >= 11 is 1.73. The summed E-state index contributed by atoms with van der Waals surface area (Å²) in [6, 6.07) is 0. The number of aromatic nitrogens is 1. The number of thiazole rings is 1. The molecule has 1 aromatic rings. The lowest BCUT2D eigenvalue weighted by Crippen LogP contribution is -2.08. The molecule has 14 heavy (non-hydrogen) atoms. The van der Waals surface area contributed by atoms with Gasteiger partial charge in [0.1, 0.15) is 0 Å². The van der Waals surface area contributed by atoms with Crippen molar-refractivity contribution in [2.24, 2.45) is 5.73 Å². The number of nitrogens with zero attached hydrogens (tertiary/aromatic N) is 1. The maximum absolute atomic E-state index is 5.61. The van der Waals surface area contributed by atoms with Crippen molar-refractivity contribution in [2.45, 2.75) is 38.8 Å². The summed E-state index contributed by atoms with van der Waals surface area (Å²) in [6.45, 7) is 3.55. The maximum Gasteiger partial charge on any atom is 0.0957 e. The fourth-order valence-corrected chi connectivity index (χ4v) is 2.78. The van der Waals surface area contributed by atoms with Gasteiger partial charge in [-0.2, -0.15) is 0 Å². The molecule has 1 unspecified atom stereocenters. The Hall–Kier alpha value is -0.450. The van der Waals surface area contributed by atoms with Gasteiger partial charge in [0.25, 0.3) is 0 Å². The minimum absolute atomic E-state index is 0.395. The number of ether oxygens (including phenoxy) is 1. The van der Waals surface area contributed by atoms with E-state index in [1.54, 1.807) is 11.3 Å². The third-order valence-corrected chi connectivity index (χ3v) is 3.75. The first-order valence-electron chi connectivity index (χ1n) is 5.06. The Morgan fingerprint density at radius 2 is 2.50 bits per heavy atom. The van der Waals surface area contributed by atoms with Gasteiger partial charge in [0, 0.05) is 24.4 Å². The molecule has 1 saturated heterocycles. The molecule has 0 amide bonds. The van der Waals surface area contributed by atoms with Crippen molar-refractivity contribution >= 4 is 11.3 Å². The first kappa shape index (κ1) is 10.1. The van der Waals surface area contributed by atoms with Crippen molar-refractivity contribution in [2.75, 3.05) is 6.61 Å². The molecule has 0 saturated carbocycles. The Bertz CT molecular complexity index is 305. The van der Waals surface area contributed by atoms with Gasteiger partial charge in [-0.25, -0.2) is 4.98 Å². The third kappa shape index (κ3) is 2.13. The van der Waals surface area contributed by atoms with Crippen LogP contribution >= 0.6 is 11.3 Å². The molecule has 1 fully saturated rings. The van der Waals surface area contributed by atoms with Gasteiger partial charge >= 0.3 is 0 Å². The maximum atomic E-state index is 5.61. The van der Waals surface area contributed by atoms with E-state index in [0.29, 0.717) is 12.6 Å². The highest BCUT2D eigenvalue weighted by Crippen LogP contribution is 2.22. The molecule has 0 aliphatic carbocycles. The third-order valence-electron chi connectivity index (χ3n) is 2.55. The van der Waals surface area contributed by atoms with Gasteiger partial charge < -0.3 is 10.5 Å². The molecule has 0 radical (unpaired) electrons. The molecule has 1 aromatic heterocycles. The van der Waals surface area contributed by atoms with Crippen LogP contribution in [0.3, 0.4) is 0 Å². The average Bonchev–Trinajstić information content (AvgIpc) is 2.76. The monoisotopic (exact) mass is 212 g/mol. The second-order valence-electron chi connectivity index (χ2n) is 3.66. The molecule has 1 aliphatic rings. The predicted molar refractivity (Wildman–Crippen MR) is 57.4 cm³/mol. The molecule has 2 rings (SSSR count). The molecule has 2 heterocycles. The van der Waals surface area contributed by atoms with E-state index in [0.717, 1.165) is 18.7 Å². The smallest absolute Gasteiger partial charge is 0.0957 e.